The summed E-state index contributed by atoms with van der Waals surface area (Å²) in [6.45, 7) is 0. The Bertz CT molecular complexity index is 710. The van der Waals surface area contributed by atoms with Crippen LogP contribution in [0.5, 0.6) is 0 Å². The topological polar surface area (TPSA) is 125 Å². The molecule has 5 N–H and O–H groups in total. The van der Waals surface area contributed by atoms with Gasteiger partial charge in [-0.15, -0.1) is 0 Å². The van der Waals surface area contributed by atoms with Crippen LogP contribution in [0.25, 0.3) is 10.9 Å². The number of aromatic nitrogens is 1. The summed E-state index contributed by atoms with van der Waals surface area (Å²) in [5, 5.41) is 12.1. The first-order chi connectivity index (χ1) is 11.0. The number of hydrogen-bond acceptors (Lipinski definition) is 4. The summed E-state index contributed by atoms with van der Waals surface area (Å²) < 4.78 is 0. The van der Waals surface area contributed by atoms with E-state index in [9.17, 15) is 14.4 Å². The van der Waals surface area contributed by atoms with E-state index in [1.807, 2.05) is 24.3 Å². The molecule has 2 rings (SSSR count). The number of amides is 1. The van der Waals surface area contributed by atoms with Gasteiger partial charge in [0.05, 0.1) is 12.1 Å². The van der Waals surface area contributed by atoms with Gasteiger partial charge in [0.2, 0.25) is 5.91 Å². The first-order valence-corrected chi connectivity index (χ1v) is 7.29. The van der Waals surface area contributed by atoms with Gasteiger partial charge < -0.3 is 25.9 Å². The van der Waals surface area contributed by atoms with Crippen LogP contribution in [-0.2, 0) is 20.8 Å². The van der Waals surface area contributed by atoms with Gasteiger partial charge in [0.1, 0.15) is 6.29 Å². The van der Waals surface area contributed by atoms with Crippen molar-refractivity contribution in [1.29, 1.82) is 0 Å². The number of aromatic amines is 1. The molecule has 0 aliphatic heterocycles. The van der Waals surface area contributed by atoms with Gasteiger partial charge in [-0.2, -0.15) is 0 Å². The minimum atomic E-state index is -1.02. The fraction of sp³-hybridized carbons (Fsp3) is 0.312. The summed E-state index contributed by atoms with van der Waals surface area (Å²) >= 11 is 0. The second-order valence-corrected chi connectivity index (χ2v) is 5.35. The van der Waals surface area contributed by atoms with E-state index in [0.717, 1.165) is 16.5 Å². The van der Waals surface area contributed by atoms with Crippen molar-refractivity contribution in [2.24, 2.45) is 5.73 Å². The standard InChI is InChI=1S/C16H19N3O4/c17-13(16(23)19-11(9-20)5-6-15(21)22)7-10-8-18-14-4-2-1-3-12(10)14/h1-4,8-9,11,13,18H,5-7,17H2,(H,19,23)(H,21,22)/t11-,13-/m0/s1. The van der Waals surface area contributed by atoms with Crippen LogP contribution in [0, 0.1) is 0 Å². The number of hydrogen-bond donors (Lipinski definition) is 4. The molecule has 0 aliphatic carbocycles. The van der Waals surface area contributed by atoms with Gasteiger partial charge in [-0.3, -0.25) is 9.59 Å². The summed E-state index contributed by atoms with van der Waals surface area (Å²) in [6.07, 6.45) is 2.50. The zero-order valence-electron chi connectivity index (χ0n) is 12.5. The maximum absolute atomic E-state index is 12.1. The maximum atomic E-state index is 12.1. The molecule has 122 valence electrons. The molecule has 1 heterocycles. The molecular weight excluding hydrogens is 298 g/mol. The summed E-state index contributed by atoms with van der Waals surface area (Å²) in [6, 6.07) is 6.02. The molecule has 2 aromatic rings. The van der Waals surface area contributed by atoms with E-state index in [-0.39, 0.29) is 12.8 Å². The Morgan fingerprint density at radius 1 is 1.35 bits per heavy atom. The third-order valence-electron chi connectivity index (χ3n) is 3.61. The Balaban J connectivity index is 1.96. The van der Waals surface area contributed by atoms with Crippen LogP contribution in [0.4, 0.5) is 0 Å². The van der Waals surface area contributed by atoms with Gasteiger partial charge in [0.15, 0.2) is 0 Å². The van der Waals surface area contributed by atoms with Gasteiger partial charge in [-0.25, -0.2) is 0 Å². The molecule has 7 nitrogen and oxygen atoms in total. The number of aliphatic carboxylic acids is 1. The zero-order chi connectivity index (χ0) is 16.8. The molecule has 0 bridgehead atoms. The average molecular weight is 317 g/mol. The maximum Gasteiger partial charge on any atom is 0.303 e. The lowest BCUT2D eigenvalue weighted by atomic mass is 10.0. The summed E-state index contributed by atoms with van der Waals surface area (Å²) in [4.78, 5) is 36.6. The highest BCUT2D eigenvalue weighted by Crippen LogP contribution is 2.18. The first-order valence-electron chi connectivity index (χ1n) is 7.29. The molecule has 23 heavy (non-hydrogen) atoms. The number of nitrogens with two attached hydrogens (primary N) is 1. The van der Waals surface area contributed by atoms with E-state index in [2.05, 4.69) is 10.3 Å². The predicted molar refractivity (Wildman–Crippen MR) is 84.8 cm³/mol. The average Bonchev–Trinajstić information content (AvgIpc) is 2.94. The van der Waals surface area contributed by atoms with E-state index < -0.39 is 24.0 Å². The van der Waals surface area contributed by atoms with Crippen molar-refractivity contribution < 1.29 is 19.5 Å². The smallest absolute Gasteiger partial charge is 0.303 e. The zero-order valence-corrected chi connectivity index (χ0v) is 12.5. The van der Waals surface area contributed by atoms with Crippen LogP contribution in [-0.4, -0.2) is 40.3 Å². The number of carbonyl (C=O) groups is 3. The Labute approximate surface area is 132 Å². The molecule has 0 aliphatic rings. The number of aldehydes is 1. The SMILES string of the molecule is N[C@@H](Cc1c[nH]c2ccccc12)C(=O)N[C@H](C=O)CCC(=O)O. The summed E-state index contributed by atoms with van der Waals surface area (Å²) in [5.41, 5.74) is 7.77. The monoisotopic (exact) mass is 317 g/mol. The van der Waals surface area contributed by atoms with E-state index in [0.29, 0.717) is 12.7 Å². The highest BCUT2D eigenvalue weighted by Gasteiger charge is 2.20. The number of carbonyl (C=O) groups excluding carboxylic acids is 2. The lowest BCUT2D eigenvalue weighted by molar-refractivity contribution is -0.137. The fourth-order valence-electron chi connectivity index (χ4n) is 2.37. The summed E-state index contributed by atoms with van der Waals surface area (Å²) in [5.74, 6) is -1.49. The highest BCUT2D eigenvalue weighted by atomic mass is 16.4. The number of carboxylic acid groups (broad SMARTS) is 1. The Morgan fingerprint density at radius 2 is 2.09 bits per heavy atom. The number of nitrogens with one attached hydrogen (secondary N) is 2. The molecule has 0 fully saturated rings. The number of H-pyrrole nitrogens is 1. The van der Waals surface area contributed by atoms with Gasteiger partial charge in [-0.05, 0) is 24.5 Å². The van der Waals surface area contributed by atoms with Crippen LogP contribution < -0.4 is 11.1 Å². The lowest BCUT2D eigenvalue weighted by Gasteiger charge is -2.16. The third kappa shape index (κ3) is 4.40. The van der Waals surface area contributed by atoms with Crippen molar-refractivity contribution in [3.8, 4) is 0 Å². The largest absolute Gasteiger partial charge is 0.481 e. The Hall–Kier alpha value is -2.67. The van der Waals surface area contributed by atoms with Crippen molar-refractivity contribution in [2.75, 3.05) is 0 Å². The summed E-state index contributed by atoms with van der Waals surface area (Å²) in [7, 11) is 0. The molecule has 1 aromatic heterocycles. The Kier molecular flexibility index (Phi) is 5.48. The number of benzene rings is 1. The predicted octanol–water partition coefficient (Wildman–Crippen LogP) is 0.586. The number of carboxylic acids is 1. The molecule has 7 heteroatoms. The minimum Gasteiger partial charge on any atom is -0.481 e. The molecule has 1 aromatic carbocycles. The van der Waals surface area contributed by atoms with Crippen molar-refractivity contribution in [3.63, 3.8) is 0 Å². The highest BCUT2D eigenvalue weighted by molar-refractivity contribution is 5.87. The van der Waals surface area contributed by atoms with Crippen molar-refractivity contribution >= 4 is 29.1 Å². The van der Waals surface area contributed by atoms with E-state index in [4.69, 9.17) is 10.8 Å². The van der Waals surface area contributed by atoms with Gasteiger partial charge in [0.25, 0.3) is 0 Å². The van der Waals surface area contributed by atoms with E-state index >= 15 is 0 Å². The molecular formula is C16H19N3O4. The van der Waals surface area contributed by atoms with E-state index in [1.165, 1.54) is 0 Å². The van der Waals surface area contributed by atoms with E-state index in [1.54, 1.807) is 6.20 Å². The molecule has 0 saturated heterocycles. The molecule has 0 radical (unpaired) electrons. The quantitative estimate of drug-likeness (QED) is 0.530. The number of fused-ring (bicyclic) bond motifs is 1. The van der Waals surface area contributed by atoms with Crippen LogP contribution in [0.1, 0.15) is 18.4 Å². The van der Waals surface area contributed by atoms with Crippen LogP contribution in [0.2, 0.25) is 0 Å². The number of rotatable bonds is 8. The number of para-hydroxylation sites is 1. The molecule has 0 spiro atoms. The fourth-order valence-corrected chi connectivity index (χ4v) is 2.37. The molecule has 1 amide bonds. The van der Waals surface area contributed by atoms with Crippen LogP contribution in [0.3, 0.4) is 0 Å². The van der Waals surface area contributed by atoms with Crippen molar-refractivity contribution in [1.82, 2.24) is 10.3 Å². The second-order valence-electron chi connectivity index (χ2n) is 5.35. The van der Waals surface area contributed by atoms with Gasteiger partial charge in [0, 0.05) is 23.5 Å². The normalized spacial score (nSPS) is 13.4. The third-order valence-corrected chi connectivity index (χ3v) is 3.61. The van der Waals surface area contributed by atoms with Crippen LogP contribution >= 0.6 is 0 Å². The molecule has 2 atom stereocenters. The molecule has 0 saturated carbocycles. The minimum absolute atomic E-state index is 0.0460. The molecule has 0 unspecified atom stereocenters. The van der Waals surface area contributed by atoms with Crippen LogP contribution in [0.15, 0.2) is 30.5 Å². The van der Waals surface area contributed by atoms with Crippen molar-refractivity contribution in [3.05, 3.63) is 36.0 Å². The Morgan fingerprint density at radius 3 is 2.78 bits per heavy atom. The second kappa shape index (κ2) is 7.55. The first kappa shape index (κ1) is 16.7. The lowest BCUT2D eigenvalue weighted by Crippen LogP contribution is -2.47. The van der Waals surface area contributed by atoms with Crippen molar-refractivity contribution in [2.45, 2.75) is 31.3 Å². The van der Waals surface area contributed by atoms with Gasteiger partial charge >= 0.3 is 5.97 Å². The van der Waals surface area contributed by atoms with Gasteiger partial charge in [-0.1, -0.05) is 18.2 Å².